The van der Waals surface area contributed by atoms with Crippen LogP contribution in [0.4, 0.5) is 0 Å². The Balaban J connectivity index is 1.60. The van der Waals surface area contributed by atoms with Gasteiger partial charge in [-0.1, -0.05) is 20.8 Å². The van der Waals surface area contributed by atoms with Crippen LogP contribution in [0.25, 0.3) is 0 Å². The van der Waals surface area contributed by atoms with Crippen LogP contribution in [0, 0.1) is 11.3 Å². The number of aliphatic hydroxyl groups excluding tert-OH is 1. The van der Waals surface area contributed by atoms with E-state index in [1.165, 1.54) is 6.07 Å². The van der Waals surface area contributed by atoms with Gasteiger partial charge in [0.15, 0.2) is 11.6 Å². The van der Waals surface area contributed by atoms with E-state index in [4.69, 9.17) is 18.9 Å². The van der Waals surface area contributed by atoms with Crippen molar-refractivity contribution in [2.24, 2.45) is 11.3 Å². The van der Waals surface area contributed by atoms with Gasteiger partial charge < -0.3 is 34.3 Å². The zero-order valence-electron chi connectivity index (χ0n) is 18.3. The van der Waals surface area contributed by atoms with Crippen molar-refractivity contribution in [1.29, 1.82) is 0 Å². The maximum absolute atomic E-state index is 12.6. The lowest BCUT2D eigenvalue weighted by molar-refractivity contribution is -0.392. The first-order valence-corrected chi connectivity index (χ1v) is 10.9. The molecular formula is C23H28O8. The lowest BCUT2D eigenvalue weighted by Crippen LogP contribution is -2.65. The SMILES string of the molecule is CC1OC(=O)c2c(O)cc3c(c2C1O)CC12OC4(C(C)C)CC1(C)C(O)(CC2(C)O3)O4. The average molecular weight is 432 g/mol. The summed E-state index contributed by atoms with van der Waals surface area (Å²) < 4.78 is 24.7. The number of phenols is 1. The number of hydrogen-bond acceptors (Lipinski definition) is 8. The second-order valence-electron chi connectivity index (χ2n) is 10.7. The molecule has 4 aliphatic heterocycles. The molecule has 7 atom stereocenters. The summed E-state index contributed by atoms with van der Waals surface area (Å²) in [7, 11) is 0. The highest BCUT2D eigenvalue weighted by atomic mass is 16.8. The van der Waals surface area contributed by atoms with Crippen LogP contribution in [0.3, 0.4) is 0 Å². The molecule has 7 unspecified atom stereocenters. The minimum atomic E-state index is -1.43. The molecule has 2 bridgehead atoms. The molecule has 1 saturated carbocycles. The zero-order valence-corrected chi connectivity index (χ0v) is 18.3. The second-order valence-corrected chi connectivity index (χ2v) is 10.7. The number of carbonyl (C=O) groups excluding carboxylic acids is 1. The van der Waals surface area contributed by atoms with Crippen LogP contribution in [0.5, 0.6) is 11.5 Å². The molecule has 5 aliphatic rings. The smallest absolute Gasteiger partial charge is 0.342 e. The summed E-state index contributed by atoms with van der Waals surface area (Å²) >= 11 is 0. The van der Waals surface area contributed by atoms with E-state index in [9.17, 15) is 20.1 Å². The van der Waals surface area contributed by atoms with Crippen molar-refractivity contribution < 1.29 is 39.1 Å². The van der Waals surface area contributed by atoms with E-state index in [1.54, 1.807) is 6.92 Å². The summed E-state index contributed by atoms with van der Waals surface area (Å²) in [6.07, 6.45) is -0.832. The largest absolute Gasteiger partial charge is 0.507 e. The summed E-state index contributed by atoms with van der Waals surface area (Å²) in [5, 5.41) is 33.2. The number of ether oxygens (including phenoxy) is 4. The van der Waals surface area contributed by atoms with Gasteiger partial charge in [-0.2, -0.15) is 0 Å². The summed E-state index contributed by atoms with van der Waals surface area (Å²) in [6, 6.07) is 1.40. The number of esters is 1. The molecule has 0 amide bonds. The quantitative estimate of drug-likeness (QED) is 0.580. The lowest BCUT2D eigenvalue weighted by Gasteiger charge is -2.53. The van der Waals surface area contributed by atoms with E-state index in [2.05, 4.69) is 0 Å². The van der Waals surface area contributed by atoms with Gasteiger partial charge in [0.05, 0.1) is 5.41 Å². The molecule has 1 aromatic carbocycles. The highest BCUT2D eigenvalue weighted by Gasteiger charge is 2.89. The molecule has 8 nitrogen and oxygen atoms in total. The summed E-state index contributed by atoms with van der Waals surface area (Å²) in [4.78, 5) is 12.6. The van der Waals surface area contributed by atoms with Crippen LogP contribution in [0.1, 0.15) is 75.0 Å². The molecular weight excluding hydrogens is 404 g/mol. The van der Waals surface area contributed by atoms with Crippen molar-refractivity contribution in [3.63, 3.8) is 0 Å². The Kier molecular flexibility index (Phi) is 3.32. The van der Waals surface area contributed by atoms with E-state index in [0.29, 0.717) is 29.7 Å². The fraction of sp³-hybridized carbons (Fsp3) is 0.696. The molecule has 6 rings (SSSR count). The number of benzene rings is 1. The molecule has 4 heterocycles. The van der Waals surface area contributed by atoms with Crippen LogP contribution >= 0.6 is 0 Å². The van der Waals surface area contributed by atoms with Crippen molar-refractivity contribution >= 4 is 5.97 Å². The Morgan fingerprint density at radius 2 is 1.90 bits per heavy atom. The second kappa shape index (κ2) is 5.20. The van der Waals surface area contributed by atoms with Crippen LogP contribution in [0.15, 0.2) is 6.07 Å². The standard InChI is InChI=1S/C23H28O8/c1-10(2)21-8-19(4)22(30-21)7-12-14(29-20(22,5)9-23(19,27)31-21)6-13(24)16-15(12)17(25)11(3)28-18(16)26/h6,10-11,17,24-25,27H,7-9H2,1-5H3. The Hall–Kier alpha value is -1.87. The molecule has 3 N–H and O–H groups in total. The first kappa shape index (κ1) is 19.8. The summed E-state index contributed by atoms with van der Waals surface area (Å²) in [5.41, 5.74) is -1.72. The third-order valence-corrected chi connectivity index (χ3v) is 8.77. The van der Waals surface area contributed by atoms with Crippen LogP contribution < -0.4 is 4.74 Å². The van der Waals surface area contributed by atoms with Gasteiger partial charge in [-0.3, -0.25) is 0 Å². The number of carbonyl (C=O) groups is 1. The number of aliphatic hydroxyl groups is 2. The van der Waals surface area contributed by atoms with Crippen LogP contribution in [0.2, 0.25) is 0 Å². The third-order valence-electron chi connectivity index (χ3n) is 8.77. The predicted octanol–water partition coefficient (Wildman–Crippen LogP) is 2.32. The molecule has 8 heteroatoms. The number of hydrogen-bond donors (Lipinski definition) is 3. The first-order valence-electron chi connectivity index (χ1n) is 10.9. The van der Waals surface area contributed by atoms with Gasteiger partial charge in [0.25, 0.3) is 0 Å². The van der Waals surface area contributed by atoms with Gasteiger partial charge in [-0.25, -0.2) is 4.79 Å². The normalized spacial score (nSPS) is 48.8. The van der Waals surface area contributed by atoms with Crippen LogP contribution in [-0.2, 0) is 20.6 Å². The van der Waals surface area contributed by atoms with E-state index < -0.39 is 46.4 Å². The highest BCUT2D eigenvalue weighted by molar-refractivity contribution is 5.96. The average Bonchev–Trinajstić information content (AvgIpc) is 3.05. The minimum absolute atomic E-state index is 0.00158. The van der Waals surface area contributed by atoms with E-state index in [-0.39, 0.29) is 23.7 Å². The van der Waals surface area contributed by atoms with E-state index >= 15 is 0 Å². The van der Waals surface area contributed by atoms with Crippen molar-refractivity contribution in [3.8, 4) is 11.5 Å². The lowest BCUT2D eigenvalue weighted by atomic mass is 9.65. The minimum Gasteiger partial charge on any atom is -0.507 e. The number of phenolic OH excluding ortho intramolecular Hbond substituents is 1. The molecule has 168 valence electrons. The number of rotatable bonds is 1. The highest BCUT2D eigenvalue weighted by Crippen LogP contribution is 2.77. The van der Waals surface area contributed by atoms with Gasteiger partial charge in [0, 0.05) is 42.4 Å². The van der Waals surface area contributed by atoms with Crippen molar-refractivity contribution in [1.82, 2.24) is 0 Å². The fourth-order valence-electron chi connectivity index (χ4n) is 7.03. The number of fused-ring (bicyclic) bond motifs is 4. The molecule has 0 aromatic heterocycles. The van der Waals surface area contributed by atoms with Crippen molar-refractivity contribution in [2.75, 3.05) is 0 Å². The third kappa shape index (κ3) is 1.88. The zero-order chi connectivity index (χ0) is 22.4. The Bertz CT molecular complexity index is 1050. The monoisotopic (exact) mass is 432 g/mol. The molecule has 1 aliphatic carbocycles. The van der Waals surface area contributed by atoms with Gasteiger partial charge in [0.1, 0.15) is 40.5 Å². The molecule has 2 saturated heterocycles. The van der Waals surface area contributed by atoms with Gasteiger partial charge in [0.2, 0.25) is 0 Å². The fourth-order valence-corrected chi connectivity index (χ4v) is 7.03. The van der Waals surface area contributed by atoms with E-state index in [0.717, 1.165) is 0 Å². The maximum Gasteiger partial charge on any atom is 0.342 e. The van der Waals surface area contributed by atoms with Gasteiger partial charge >= 0.3 is 5.97 Å². The Morgan fingerprint density at radius 1 is 1.19 bits per heavy atom. The Morgan fingerprint density at radius 3 is 2.55 bits per heavy atom. The molecule has 0 radical (unpaired) electrons. The predicted molar refractivity (Wildman–Crippen MR) is 105 cm³/mol. The Labute approximate surface area is 180 Å². The summed E-state index contributed by atoms with van der Waals surface area (Å²) in [6.45, 7) is 9.50. The molecule has 3 fully saturated rings. The molecule has 1 aromatic rings. The molecule has 31 heavy (non-hydrogen) atoms. The van der Waals surface area contributed by atoms with Gasteiger partial charge in [-0.15, -0.1) is 0 Å². The topological polar surface area (TPSA) is 115 Å². The number of aromatic hydroxyl groups is 1. The number of cyclic esters (lactones) is 1. The van der Waals surface area contributed by atoms with E-state index in [1.807, 2.05) is 27.7 Å². The van der Waals surface area contributed by atoms with Crippen molar-refractivity contribution in [2.45, 2.75) is 88.9 Å². The first-order chi connectivity index (χ1) is 14.3. The molecule has 1 spiro atoms. The van der Waals surface area contributed by atoms with Crippen molar-refractivity contribution in [3.05, 3.63) is 22.8 Å². The maximum atomic E-state index is 12.6. The van der Waals surface area contributed by atoms with Gasteiger partial charge in [-0.05, 0) is 13.8 Å². The van der Waals surface area contributed by atoms with Crippen LogP contribution in [-0.4, -0.2) is 50.2 Å². The summed E-state index contributed by atoms with van der Waals surface area (Å²) in [5.74, 6) is -2.97.